The fourth-order valence-corrected chi connectivity index (χ4v) is 1.15. The van der Waals surface area contributed by atoms with Crippen LogP contribution < -0.4 is 5.32 Å². The van der Waals surface area contributed by atoms with Crippen molar-refractivity contribution in [2.45, 2.75) is 0 Å². The van der Waals surface area contributed by atoms with Crippen LogP contribution in [0.3, 0.4) is 0 Å². The van der Waals surface area contributed by atoms with Crippen LogP contribution >= 0.6 is 0 Å². The molecule has 4 nitrogen and oxygen atoms in total. The molecule has 80 valence electrons. The van der Waals surface area contributed by atoms with Gasteiger partial charge in [0.1, 0.15) is 0 Å². The third-order valence-electron chi connectivity index (χ3n) is 1.91. The second kappa shape index (κ2) is 4.48. The van der Waals surface area contributed by atoms with Gasteiger partial charge >= 0.3 is 0 Å². The van der Waals surface area contributed by atoms with E-state index in [0.717, 1.165) is 0 Å². The second-order valence-corrected chi connectivity index (χ2v) is 3.07. The Morgan fingerprint density at radius 2 is 2.12 bits per heavy atom. The minimum absolute atomic E-state index is 0.304. The van der Waals surface area contributed by atoms with Crippen LogP contribution in [0.5, 0.6) is 0 Å². The predicted octanol–water partition coefficient (Wildman–Crippen LogP) is 1.87. The normalized spacial score (nSPS) is 9.81. The molecule has 0 spiro atoms. The largest absolute Gasteiger partial charge is 0.321 e. The van der Waals surface area contributed by atoms with Gasteiger partial charge in [-0.1, -0.05) is 0 Å². The third kappa shape index (κ3) is 2.38. The topological polar surface area (TPSA) is 54.9 Å². The maximum atomic E-state index is 12.5. The summed E-state index contributed by atoms with van der Waals surface area (Å²) in [5, 5.41) is 2.58. The predicted molar refractivity (Wildman–Crippen MR) is 56.4 cm³/mol. The molecule has 0 fully saturated rings. The Hall–Kier alpha value is -2.30. The molecule has 0 saturated heterocycles. The minimum atomic E-state index is -0.584. The average molecular weight is 217 g/mol. The van der Waals surface area contributed by atoms with Crippen LogP contribution in [0.15, 0.2) is 42.9 Å². The monoisotopic (exact) mass is 217 g/mol. The molecule has 0 saturated carbocycles. The number of anilines is 1. The molecule has 0 aliphatic carbocycles. The number of rotatable bonds is 2. The number of amides is 1. The maximum absolute atomic E-state index is 12.5. The number of halogens is 1. The standard InChI is InChI=1S/C11H8FN3O/c12-10-4-3-9(7-14-10)15-11(16)8-2-1-5-13-6-8/h1-7H,(H,15,16). The smallest absolute Gasteiger partial charge is 0.257 e. The van der Waals surface area contributed by atoms with Crippen molar-refractivity contribution in [3.8, 4) is 0 Å². The molecule has 0 atom stereocenters. The lowest BCUT2D eigenvalue weighted by molar-refractivity contribution is 0.102. The van der Waals surface area contributed by atoms with Gasteiger partial charge in [-0.15, -0.1) is 0 Å². The van der Waals surface area contributed by atoms with Crippen molar-refractivity contribution < 1.29 is 9.18 Å². The zero-order valence-corrected chi connectivity index (χ0v) is 8.22. The summed E-state index contributed by atoms with van der Waals surface area (Å²) in [6.07, 6.45) is 4.28. The highest BCUT2D eigenvalue weighted by molar-refractivity contribution is 6.03. The van der Waals surface area contributed by atoms with E-state index in [4.69, 9.17) is 0 Å². The van der Waals surface area contributed by atoms with Crippen LogP contribution in [-0.2, 0) is 0 Å². The second-order valence-electron chi connectivity index (χ2n) is 3.07. The van der Waals surface area contributed by atoms with E-state index < -0.39 is 5.95 Å². The zero-order valence-electron chi connectivity index (χ0n) is 8.22. The van der Waals surface area contributed by atoms with Crippen LogP contribution in [0.1, 0.15) is 10.4 Å². The first kappa shape index (κ1) is 10.2. The van der Waals surface area contributed by atoms with E-state index >= 15 is 0 Å². The van der Waals surface area contributed by atoms with Gasteiger partial charge in [-0.25, -0.2) is 4.98 Å². The highest BCUT2D eigenvalue weighted by Crippen LogP contribution is 2.07. The van der Waals surface area contributed by atoms with Gasteiger partial charge in [0.15, 0.2) is 0 Å². The van der Waals surface area contributed by atoms with Crippen molar-refractivity contribution in [1.29, 1.82) is 0 Å². The lowest BCUT2D eigenvalue weighted by atomic mass is 10.2. The number of hydrogen-bond acceptors (Lipinski definition) is 3. The third-order valence-corrected chi connectivity index (χ3v) is 1.91. The van der Waals surface area contributed by atoms with Crippen LogP contribution in [0, 0.1) is 5.95 Å². The number of nitrogens with one attached hydrogen (secondary N) is 1. The Balaban J connectivity index is 2.11. The van der Waals surface area contributed by atoms with E-state index in [0.29, 0.717) is 11.3 Å². The number of carbonyl (C=O) groups excluding carboxylic acids is 1. The van der Waals surface area contributed by atoms with Gasteiger partial charge in [0.2, 0.25) is 5.95 Å². The first-order valence-corrected chi connectivity index (χ1v) is 4.58. The molecule has 2 rings (SSSR count). The Morgan fingerprint density at radius 3 is 2.75 bits per heavy atom. The molecule has 0 aromatic carbocycles. The summed E-state index contributed by atoms with van der Waals surface area (Å²) in [5.74, 6) is -0.888. The average Bonchev–Trinajstić information content (AvgIpc) is 2.33. The summed E-state index contributed by atoms with van der Waals surface area (Å²) in [4.78, 5) is 18.9. The Bertz CT molecular complexity index is 484. The van der Waals surface area contributed by atoms with E-state index in [1.807, 2.05) is 0 Å². The molecule has 0 radical (unpaired) electrons. The van der Waals surface area contributed by atoms with E-state index in [1.165, 1.54) is 24.5 Å². The molecule has 5 heteroatoms. The highest BCUT2D eigenvalue weighted by atomic mass is 19.1. The number of aromatic nitrogens is 2. The van der Waals surface area contributed by atoms with Crippen LogP contribution in [-0.4, -0.2) is 15.9 Å². The molecule has 1 amide bonds. The maximum Gasteiger partial charge on any atom is 0.257 e. The fourth-order valence-electron chi connectivity index (χ4n) is 1.15. The van der Waals surface area contributed by atoms with Crippen molar-refractivity contribution in [3.05, 3.63) is 54.4 Å². The molecule has 0 unspecified atom stereocenters. The Morgan fingerprint density at radius 1 is 1.25 bits per heavy atom. The van der Waals surface area contributed by atoms with E-state index in [-0.39, 0.29) is 5.91 Å². The van der Waals surface area contributed by atoms with Crippen molar-refractivity contribution in [3.63, 3.8) is 0 Å². The molecule has 16 heavy (non-hydrogen) atoms. The van der Waals surface area contributed by atoms with Gasteiger partial charge in [-0.3, -0.25) is 9.78 Å². The van der Waals surface area contributed by atoms with Crippen LogP contribution in [0.4, 0.5) is 10.1 Å². The van der Waals surface area contributed by atoms with Gasteiger partial charge in [0, 0.05) is 12.4 Å². The van der Waals surface area contributed by atoms with E-state index in [1.54, 1.807) is 18.3 Å². The van der Waals surface area contributed by atoms with Gasteiger partial charge < -0.3 is 5.32 Å². The Labute approximate surface area is 91.2 Å². The van der Waals surface area contributed by atoms with Gasteiger partial charge in [0.05, 0.1) is 17.4 Å². The van der Waals surface area contributed by atoms with Crippen molar-refractivity contribution in [2.24, 2.45) is 0 Å². The lowest BCUT2D eigenvalue weighted by Crippen LogP contribution is -2.12. The fraction of sp³-hybridized carbons (Fsp3) is 0. The summed E-state index contributed by atoms with van der Waals surface area (Å²) in [7, 11) is 0. The summed E-state index contributed by atoms with van der Waals surface area (Å²) < 4.78 is 12.5. The van der Waals surface area contributed by atoms with Crippen LogP contribution in [0.25, 0.3) is 0 Å². The summed E-state index contributed by atoms with van der Waals surface area (Å²) >= 11 is 0. The molecular weight excluding hydrogens is 209 g/mol. The quantitative estimate of drug-likeness (QED) is 0.781. The van der Waals surface area contributed by atoms with E-state index in [9.17, 15) is 9.18 Å². The molecule has 2 aromatic rings. The van der Waals surface area contributed by atoms with Crippen molar-refractivity contribution in [2.75, 3.05) is 5.32 Å². The molecule has 1 N–H and O–H groups in total. The van der Waals surface area contributed by atoms with Gasteiger partial charge in [0.25, 0.3) is 5.91 Å². The first-order valence-electron chi connectivity index (χ1n) is 4.58. The molecule has 2 heterocycles. The lowest BCUT2D eigenvalue weighted by Gasteiger charge is -2.03. The van der Waals surface area contributed by atoms with Crippen molar-refractivity contribution in [1.82, 2.24) is 9.97 Å². The number of hydrogen-bond donors (Lipinski definition) is 1. The first-order chi connectivity index (χ1) is 7.75. The number of carbonyl (C=O) groups is 1. The van der Waals surface area contributed by atoms with Crippen LogP contribution in [0.2, 0.25) is 0 Å². The number of pyridine rings is 2. The minimum Gasteiger partial charge on any atom is -0.321 e. The number of nitrogens with zero attached hydrogens (tertiary/aromatic N) is 2. The molecular formula is C11H8FN3O. The zero-order chi connectivity index (χ0) is 11.4. The highest BCUT2D eigenvalue weighted by Gasteiger charge is 2.05. The molecule has 0 aliphatic heterocycles. The van der Waals surface area contributed by atoms with Gasteiger partial charge in [-0.2, -0.15) is 4.39 Å². The summed E-state index contributed by atoms with van der Waals surface area (Å²) in [6.45, 7) is 0. The van der Waals surface area contributed by atoms with Gasteiger partial charge in [-0.05, 0) is 24.3 Å². The summed E-state index contributed by atoms with van der Waals surface area (Å²) in [5.41, 5.74) is 0.877. The van der Waals surface area contributed by atoms with E-state index in [2.05, 4.69) is 15.3 Å². The SMILES string of the molecule is O=C(Nc1ccc(F)nc1)c1cccnc1. The molecule has 2 aromatic heterocycles. The van der Waals surface area contributed by atoms with Crippen molar-refractivity contribution >= 4 is 11.6 Å². The summed E-state index contributed by atoms with van der Waals surface area (Å²) in [6, 6.07) is 5.92. The Kier molecular flexibility index (Phi) is 2.86. The molecule has 0 aliphatic rings. The molecule has 0 bridgehead atoms.